The Morgan fingerprint density at radius 3 is 1.92 bits per heavy atom. The Labute approximate surface area is 146 Å². The van der Waals surface area contributed by atoms with E-state index in [0.717, 1.165) is 38.5 Å². The van der Waals surface area contributed by atoms with Crippen molar-refractivity contribution in [2.75, 3.05) is 12.3 Å². The predicted molar refractivity (Wildman–Crippen MR) is 91.3 cm³/mol. The maximum atomic E-state index is 14.3. The third kappa shape index (κ3) is 6.47. The molecule has 0 aliphatic heterocycles. The van der Waals surface area contributed by atoms with E-state index in [1.165, 1.54) is 6.42 Å². The van der Waals surface area contributed by atoms with Gasteiger partial charge < -0.3 is 0 Å². The minimum atomic E-state index is -5.25. The fraction of sp³-hybridized carbons (Fsp3) is 0.667. The van der Waals surface area contributed by atoms with Crippen LogP contribution in [0.1, 0.15) is 64.4 Å². The van der Waals surface area contributed by atoms with Gasteiger partial charge in [-0.3, -0.25) is 0 Å². The highest BCUT2D eigenvalue weighted by Gasteiger charge is 2.41. The summed E-state index contributed by atoms with van der Waals surface area (Å²) in [4.78, 5) is 0. The standard InChI is InChI=1S/C18H25F6P/c1-3-5-6-7-8-9-10-11-25(4-2)14-12-13(19)16(20)15(17(14)21)18(22,23)24/h12H,3-11H2,1-2H3. The van der Waals surface area contributed by atoms with Crippen LogP contribution in [0.3, 0.4) is 0 Å². The Hall–Kier alpha value is -0.770. The predicted octanol–water partition coefficient (Wildman–Crippen LogP) is 7.00. The number of alkyl halides is 3. The van der Waals surface area contributed by atoms with Crippen molar-refractivity contribution >= 4 is 13.2 Å². The first-order valence-corrected chi connectivity index (χ1v) is 10.4. The Bertz CT molecular complexity index is 541. The number of hydrogen-bond acceptors (Lipinski definition) is 0. The summed E-state index contributed by atoms with van der Waals surface area (Å²) in [5.74, 6) is -5.44. The highest BCUT2D eigenvalue weighted by atomic mass is 31.1. The van der Waals surface area contributed by atoms with E-state index in [4.69, 9.17) is 0 Å². The van der Waals surface area contributed by atoms with Crippen LogP contribution in [0.15, 0.2) is 6.07 Å². The summed E-state index contributed by atoms with van der Waals surface area (Å²) < 4.78 is 79.8. The van der Waals surface area contributed by atoms with Crippen LogP contribution >= 0.6 is 7.92 Å². The van der Waals surface area contributed by atoms with Crippen molar-refractivity contribution in [2.45, 2.75) is 65.0 Å². The van der Waals surface area contributed by atoms with Crippen molar-refractivity contribution in [3.63, 3.8) is 0 Å². The Morgan fingerprint density at radius 2 is 1.40 bits per heavy atom. The molecular weight excluding hydrogens is 361 g/mol. The molecule has 0 saturated heterocycles. The van der Waals surface area contributed by atoms with Crippen molar-refractivity contribution < 1.29 is 26.3 Å². The van der Waals surface area contributed by atoms with Crippen LogP contribution in [0, 0.1) is 17.5 Å². The van der Waals surface area contributed by atoms with E-state index in [0.29, 0.717) is 18.4 Å². The van der Waals surface area contributed by atoms with Gasteiger partial charge in [-0.1, -0.05) is 60.3 Å². The summed E-state index contributed by atoms with van der Waals surface area (Å²) in [7, 11) is -1.28. The largest absolute Gasteiger partial charge is 0.422 e. The minimum absolute atomic E-state index is 0.310. The molecular formula is C18H25F6P. The Morgan fingerprint density at radius 1 is 0.840 bits per heavy atom. The zero-order valence-electron chi connectivity index (χ0n) is 14.7. The van der Waals surface area contributed by atoms with Crippen LogP contribution < -0.4 is 5.30 Å². The molecule has 144 valence electrons. The lowest BCUT2D eigenvalue weighted by atomic mass is 10.1. The number of halogens is 6. The molecule has 0 saturated carbocycles. The van der Waals surface area contributed by atoms with Crippen LogP contribution in [0.2, 0.25) is 0 Å². The first-order chi connectivity index (χ1) is 11.7. The molecule has 0 nitrogen and oxygen atoms in total. The number of hydrogen-bond donors (Lipinski definition) is 0. The molecule has 0 aliphatic carbocycles. The summed E-state index contributed by atoms with van der Waals surface area (Å²) >= 11 is 0. The SMILES string of the molecule is CCCCCCCCCP(CC)c1cc(F)c(F)c(C(F)(F)F)c1F. The topological polar surface area (TPSA) is 0 Å². The molecule has 0 aliphatic rings. The van der Waals surface area contributed by atoms with Gasteiger partial charge in [0.15, 0.2) is 11.6 Å². The molecule has 1 unspecified atom stereocenters. The first kappa shape index (κ1) is 22.3. The van der Waals surface area contributed by atoms with E-state index in [-0.39, 0.29) is 5.30 Å². The van der Waals surface area contributed by atoms with Gasteiger partial charge in [0.1, 0.15) is 11.4 Å². The summed E-state index contributed by atoms with van der Waals surface area (Å²) in [6.45, 7) is 3.86. The number of benzene rings is 1. The van der Waals surface area contributed by atoms with Crippen molar-refractivity contribution in [2.24, 2.45) is 0 Å². The third-order valence-electron chi connectivity index (χ3n) is 4.17. The molecule has 0 spiro atoms. The second-order valence-corrected chi connectivity index (χ2v) is 8.72. The quantitative estimate of drug-likeness (QED) is 0.176. The van der Waals surface area contributed by atoms with Crippen LogP contribution in [-0.4, -0.2) is 12.3 Å². The average Bonchev–Trinajstić information content (AvgIpc) is 2.53. The van der Waals surface area contributed by atoms with Gasteiger partial charge in [0.25, 0.3) is 0 Å². The van der Waals surface area contributed by atoms with Crippen LogP contribution in [0.25, 0.3) is 0 Å². The smallest absolute Gasteiger partial charge is 0.206 e. The second kappa shape index (κ2) is 10.4. The van der Waals surface area contributed by atoms with E-state index in [1.54, 1.807) is 6.92 Å². The molecule has 0 amide bonds. The van der Waals surface area contributed by atoms with Gasteiger partial charge >= 0.3 is 6.18 Å². The Balaban J connectivity index is 2.81. The molecule has 1 aromatic rings. The average molecular weight is 386 g/mol. The highest BCUT2D eigenvalue weighted by Crippen LogP contribution is 2.41. The van der Waals surface area contributed by atoms with Crippen molar-refractivity contribution in [3.8, 4) is 0 Å². The van der Waals surface area contributed by atoms with Gasteiger partial charge in [0, 0.05) is 5.30 Å². The maximum absolute atomic E-state index is 14.3. The number of unbranched alkanes of at least 4 members (excludes halogenated alkanes) is 6. The summed E-state index contributed by atoms with van der Waals surface area (Å²) in [6, 6.07) is 0.607. The van der Waals surface area contributed by atoms with Gasteiger partial charge in [0.2, 0.25) is 0 Å². The van der Waals surface area contributed by atoms with Crippen molar-refractivity contribution in [1.82, 2.24) is 0 Å². The fourth-order valence-electron chi connectivity index (χ4n) is 2.78. The van der Waals surface area contributed by atoms with Crippen molar-refractivity contribution in [3.05, 3.63) is 29.1 Å². The van der Waals surface area contributed by atoms with Crippen LogP contribution in [0.5, 0.6) is 0 Å². The molecule has 0 fully saturated rings. The van der Waals surface area contributed by atoms with Gasteiger partial charge in [-0.05, 0) is 24.8 Å². The first-order valence-electron chi connectivity index (χ1n) is 8.73. The summed E-state index contributed by atoms with van der Waals surface area (Å²) in [5.41, 5.74) is -2.11. The molecule has 0 aromatic heterocycles. The lowest BCUT2D eigenvalue weighted by Gasteiger charge is -2.20. The van der Waals surface area contributed by atoms with Crippen molar-refractivity contribution in [1.29, 1.82) is 0 Å². The molecule has 7 heteroatoms. The van der Waals surface area contributed by atoms with Gasteiger partial charge in [-0.2, -0.15) is 13.2 Å². The van der Waals surface area contributed by atoms with E-state index < -0.39 is 37.1 Å². The second-order valence-electron chi connectivity index (χ2n) is 6.08. The number of rotatable bonds is 10. The third-order valence-corrected chi connectivity index (χ3v) is 6.80. The molecule has 0 N–H and O–H groups in total. The van der Waals surface area contributed by atoms with E-state index in [2.05, 4.69) is 6.92 Å². The van der Waals surface area contributed by atoms with Gasteiger partial charge in [-0.25, -0.2) is 13.2 Å². The van der Waals surface area contributed by atoms with Crippen LogP contribution in [0.4, 0.5) is 26.3 Å². The zero-order valence-corrected chi connectivity index (χ0v) is 15.6. The molecule has 1 atom stereocenters. The van der Waals surface area contributed by atoms with E-state index >= 15 is 0 Å². The maximum Gasteiger partial charge on any atom is 0.422 e. The van der Waals surface area contributed by atoms with E-state index in [9.17, 15) is 26.3 Å². The monoisotopic (exact) mass is 386 g/mol. The van der Waals surface area contributed by atoms with Crippen LogP contribution in [-0.2, 0) is 6.18 Å². The van der Waals surface area contributed by atoms with E-state index in [1.807, 2.05) is 0 Å². The normalized spacial score (nSPS) is 13.3. The van der Waals surface area contributed by atoms with Gasteiger partial charge in [0.05, 0.1) is 0 Å². The Kier molecular flexibility index (Phi) is 9.26. The lowest BCUT2D eigenvalue weighted by Crippen LogP contribution is -2.22. The zero-order chi connectivity index (χ0) is 19.0. The van der Waals surface area contributed by atoms with Gasteiger partial charge in [-0.15, -0.1) is 0 Å². The molecule has 1 aromatic carbocycles. The molecule has 0 heterocycles. The molecule has 0 radical (unpaired) electrons. The fourth-order valence-corrected chi connectivity index (χ4v) is 4.97. The summed E-state index contributed by atoms with van der Waals surface area (Å²) in [5, 5.41) is -0.310. The minimum Gasteiger partial charge on any atom is -0.206 e. The molecule has 0 bridgehead atoms. The highest BCUT2D eigenvalue weighted by molar-refractivity contribution is 7.65. The lowest BCUT2D eigenvalue weighted by molar-refractivity contribution is -0.142. The molecule has 25 heavy (non-hydrogen) atoms. The summed E-state index contributed by atoms with van der Waals surface area (Å²) in [6.07, 6.45) is 3.01. The molecule has 1 rings (SSSR count).